The van der Waals surface area contributed by atoms with Gasteiger partial charge in [0.15, 0.2) is 0 Å². The van der Waals surface area contributed by atoms with E-state index < -0.39 is 5.97 Å². The third-order valence-electron chi connectivity index (χ3n) is 1.41. The Kier molecular flexibility index (Phi) is 3.25. The number of thiophene rings is 1. The van der Waals surface area contributed by atoms with Gasteiger partial charge in [0.25, 0.3) is 0 Å². The van der Waals surface area contributed by atoms with Gasteiger partial charge in [0.1, 0.15) is 0 Å². The van der Waals surface area contributed by atoms with Crippen LogP contribution in [0.4, 0.5) is 0 Å². The zero-order valence-electron chi connectivity index (χ0n) is 6.74. The summed E-state index contributed by atoms with van der Waals surface area (Å²) in [4.78, 5) is 11.4. The van der Waals surface area contributed by atoms with Crippen LogP contribution in [0.25, 0.3) is 0 Å². The Labute approximate surface area is 74.6 Å². The lowest BCUT2D eigenvalue weighted by molar-refractivity contribution is 0.0690. The van der Waals surface area contributed by atoms with Crippen molar-refractivity contribution in [3.8, 4) is 0 Å². The van der Waals surface area contributed by atoms with Gasteiger partial charge in [0.05, 0.1) is 12.2 Å². The van der Waals surface area contributed by atoms with Crippen molar-refractivity contribution in [1.29, 1.82) is 0 Å². The zero-order valence-corrected chi connectivity index (χ0v) is 7.56. The molecule has 1 aromatic heterocycles. The van der Waals surface area contributed by atoms with Crippen LogP contribution in [-0.2, 0) is 11.3 Å². The standard InChI is InChI=1S/C8H10O3S/c1-2-11-5-7-6(8(9)10)3-4-12-7/h3-4H,2,5H2,1H3,(H,9,10). The van der Waals surface area contributed by atoms with Crippen LogP contribution in [0, 0.1) is 0 Å². The molecule has 0 bridgehead atoms. The summed E-state index contributed by atoms with van der Waals surface area (Å²) in [7, 11) is 0. The molecule has 0 fully saturated rings. The lowest BCUT2D eigenvalue weighted by atomic mass is 10.3. The predicted octanol–water partition coefficient (Wildman–Crippen LogP) is 1.98. The molecule has 66 valence electrons. The van der Waals surface area contributed by atoms with Crippen molar-refractivity contribution in [1.82, 2.24) is 0 Å². The maximum atomic E-state index is 10.6. The molecule has 0 atom stereocenters. The highest BCUT2D eigenvalue weighted by Gasteiger charge is 2.10. The first-order chi connectivity index (χ1) is 5.75. The Morgan fingerprint density at radius 2 is 2.50 bits per heavy atom. The fraction of sp³-hybridized carbons (Fsp3) is 0.375. The topological polar surface area (TPSA) is 46.5 Å². The molecule has 0 saturated heterocycles. The van der Waals surface area contributed by atoms with E-state index in [4.69, 9.17) is 9.84 Å². The first kappa shape index (κ1) is 9.22. The molecule has 4 heteroatoms. The second-order valence-corrected chi connectivity index (χ2v) is 3.20. The summed E-state index contributed by atoms with van der Waals surface area (Å²) in [5, 5.41) is 10.5. The fourth-order valence-electron chi connectivity index (χ4n) is 0.838. The molecule has 1 heterocycles. The fourth-order valence-corrected chi connectivity index (χ4v) is 1.64. The lowest BCUT2D eigenvalue weighted by Gasteiger charge is -1.98. The smallest absolute Gasteiger partial charge is 0.336 e. The van der Waals surface area contributed by atoms with E-state index in [2.05, 4.69) is 0 Å². The molecule has 0 aromatic carbocycles. The van der Waals surface area contributed by atoms with Gasteiger partial charge in [-0.25, -0.2) is 4.79 Å². The van der Waals surface area contributed by atoms with Crippen molar-refractivity contribution in [2.75, 3.05) is 6.61 Å². The van der Waals surface area contributed by atoms with E-state index in [0.717, 1.165) is 4.88 Å². The molecule has 0 saturated carbocycles. The van der Waals surface area contributed by atoms with Crippen LogP contribution in [-0.4, -0.2) is 17.7 Å². The minimum Gasteiger partial charge on any atom is -0.478 e. The molecule has 1 rings (SSSR count). The summed E-state index contributed by atoms with van der Waals surface area (Å²) >= 11 is 1.41. The largest absolute Gasteiger partial charge is 0.478 e. The van der Waals surface area contributed by atoms with E-state index in [9.17, 15) is 4.79 Å². The maximum absolute atomic E-state index is 10.6. The molecule has 0 radical (unpaired) electrons. The van der Waals surface area contributed by atoms with E-state index >= 15 is 0 Å². The van der Waals surface area contributed by atoms with Crippen molar-refractivity contribution >= 4 is 17.3 Å². The second kappa shape index (κ2) is 4.23. The van der Waals surface area contributed by atoms with Crippen LogP contribution in [0.1, 0.15) is 22.2 Å². The SMILES string of the molecule is CCOCc1sccc1C(=O)O. The first-order valence-electron chi connectivity index (χ1n) is 3.63. The number of rotatable bonds is 4. The van der Waals surface area contributed by atoms with Gasteiger partial charge in [-0.15, -0.1) is 11.3 Å². The maximum Gasteiger partial charge on any atom is 0.336 e. The van der Waals surface area contributed by atoms with Crippen molar-refractivity contribution < 1.29 is 14.6 Å². The molecule has 0 amide bonds. The number of hydrogen-bond acceptors (Lipinski definition) is 3. The molecule has 0 aliphatic rings. The number of carboxylic acid groups (broad SMARTS) is 1. The summed E-state index contributed by atoms with van der Waals surface area (Å²) in [5.74, 6) is -0.883. The minimum absolute atomic E-state index is 0.355. The lowest BCUT2D eigenvalue weighted by Crippen LogP contribution is -1.99. The molecule has 3 nitrogen and oxygen atoms in total. The van der Waals surface area contributed by atoms with Crippen LogP contribution in [0.3, 0.4) is 0 Å². The van der Waals surface area contributed by atoms with Gasteiger partial charge in [-0.1, -0.05) is 0 Å². The molecule has 1 aromatic rings. The summed E-state index contributed by atoms with van der Waals surface area (Å²) in [6, 6.07) is 1.60. The highest BCUT2D eigenvalue weighted by Crippen LogP contribution is 2.17. The predicted molar refractivity (Wildman–Crippen MR) is 46.6 cm³/mol. The number of hydrogen-bond donors (Lipinski definition) is 1. The summed E-state index contributed by atoms with van der Waals surface area (Å²) < 4.78 is 5.12. The molecule has 0 aliphatic carbocycles. The van der Waals surface area contributed by atoms with Crippen molar-refractivity contribution in [3.05, 3.63) is 21.9 Å². The second-order valence-electron chi connectivity index (χ2n) is 2.20. The van der Waals surface area contributed by atoms with Gasteiger partial charge < -0.3 is 9.84 Å². The zero-order chi connectivity index (χ0) is 8.97. The molecule has 0 aliphatic heterocycles. The number of carboxylic acids is 1. The van der Waals surface area contributed by atoms with Gasteiger partial charge >= 0.3 is 5.97 Å². The Balaban J connectivity index is 2.70. The van der Waals surface area contributed by atoms with Gasteiger partial charge in [-0.3, -0.25) is 0 Å². The number of carbonyl (C=O) groups is 1. The quantitative estimate of drug-likeness (QED) is 0.782. The van der Waals surface area contributed by atoms with E-state index in [-0.39, 0.29) is 0 Å². The van der Waals surface area contributed by atoms with Crippen molar-refractivity contribution in [3.63, 3.8) is 0 Å². The van der Waals surface area contributed by atoms with Crippen LogP contribution in [0.2, 0.25) is 0 Å². The average molecular weight is 186 g/mol. The van der Waals surface area contributed by atoms with Gasteiger partial charge in [-0.05, 0) is 18.4 Å². The van der Waals surface area contributed by atoms with E-state index in [1.54, 1.807) is 11.4 Å². The average Bonchev–Trinajstić information content (AvgIpc) is 2.48. The van der Waals surface area contributed by atoms with Crippen LogP contribution < -0.4 is 0 Å². The van der Waals surface area contributed by atoms with E-state index in [1.165, 1.54) is 11.3 Å². The van der Waals surface area contributed by atoms with Crippen LogP contribution >= 0.6 is 11.3 Å². The normalized spacial score (nSPS) is 10.1. The van der Waals surface area contributed by atoms with Crippen molar-refractivity contribution in [2.24, 2.45) is 0 Å². The summed E-state index contributed by atoms with van der Waals surface area (Å²) in [6.07, 6.45) is 0. The molecule has 1 N–H and O–H groups in total. The van der Waals surface area contributed by atoms with Gasteiger partial charge in [0.2, 0.25) is 0 Å². The highest BCUT2D eigenvalue weighted by atomic mass is 32.1. The number of aromatic carboxylic acids is 1. The molecule has 0 unspecified atom stereocenters. The van der Waals surface area contributed by atoms with Crippen LogP contribution in [0.5, 0.6) is 0 Å². The Morgan fingerprint density at radius 3 is 3.08 bits per heavy atom. The molecular formula is C8H10O3S. The van der Waals surface area contributed by atoms with Gasteiger partial charge in [-0.2, -0.15) is 0 Å². The van der Waals surface area contributed by atoms with Crippen LogP contribution in [0.15, 0.2) is 11.4 Å². The van der Waals surface area contributed by atoms with Crippen molar-refractivity contribution in [2.45, 2.75) is 13.5 Å². The third kappa shape index (κ3) is 2.06. The third-order valence-corrected chi connectivity index (χ3v) is 2.31. The summed E-state index contributed by atoms with van der Waals surface area (Å²) in [6.45, 7) is 2.89. The molecule has 12 heavy (non-hydrogen) atoms. The van der Waals surface area contributed by atoms with Gasteiger partial charge in [0, 0.05) is 11.5 Å². The molecule has 0 spiro atoms. The Bertz CT molecular complexity index is 267. The highest BCUT2D eigenvalue weighted by molar-refractivity contribution is 7.10. The van der Waals surface area contributed by atoms with E-state index in [0.29, 0.717) is 18.8 Å². The first-order valence-corrected chi connectivity index (χ1v) is 4.51. The van der Waals surface area contributed by atoms with E-state index in [1.807, 2.05) is 6.92 Å². The Morgan fingerprint density at radius 1 is 1.75 bits per heavy atom. The molecular weight excluding hydrogens is 176 g/mol. The summed E-state index contributed by atoms with van der Waals surface area (Å²) in [5.41, 5.74) is 0.355. The Hall–Kier alpha value is -0.870. The minimum atomic E-state index is -0.883. The number of ether oxygens (including phenoxy) is 1. The monoisotopic (exact) mass is 186 g/mol.